The van der Waals surface area contributed by atoms with Crippen LogP contribution in [0.5, 0.6) is 0 Å². The van der Waals surface area contributed by atoms with E-state index in [0.717, 1.165) is 10.6 Å². The highest BCUT2D eigenvalue weighted by molar-refractivity contribution is 7.15. The van der Waals surface area contributed by atoms with Crippen LogP contribution >= 0.6 is 11.3 Å². The van der Waals surface area contributed by atoms with E-state index in [-0.39, 0.29) is 24.3 Å². The fourth-order valence-electron chi connectivity index (χ4n) is 2.58. The van der Waals surface area contributed by atoms with Gasteiger partial charge in [-0.3, -0.25) is 14.4 Å². The molecule has 1 aliphatic rings. The van der Waals surface area contributed by atoms with Gasteiger partial charge < -0.3 is 15.5 Å². The van der Waals surface area contributed by atoms with Crippen LogP contribution in [0, 0.1) is 13.8 Å². The summed E-state index contributed by atoms with van der Waals surface area (Å²) in [5.41, 5.74) is 1.66. The molecule has 8 heteroatoms. The molecule has 0 radical (unpaired) electrons. The third kappa shape index (κ3) is 3.39. The van der Waals surface area contributed by atoms with Gasteiger partial charge in [0.1, 0.15) is 12.6 Å². The zero-order chi connectivity index (χ0) is 18.1. The van der Waals surface area contributed by atoms with E-state index in [1.807, 2.05) is 13.8 Å². The Kier molecular flexibility index (Phi) is 4.54. The number of amides is 3. The van der Waals surface area contributed by atoms with Gasteiger partial charge >= 0.3 is 0 Å². The Morgan fingerprint density at radius 2 is 2.04 bits per heavy atom. The maximum Gasteiger partial charge on any atom is 0.254 e. The van der Waals surface area contributed by atoms with Gasteiger partial charge in [0.25, 0.3) is 5.91 Å². The molecule has 1 unspecified atom stereocenters. The van der Waals surface area contributed by atoms with E-state index in [4.69, 9.17) is 0 Å². The van der Waals surface area contributed by atoms with Crippen LogP contribution in [0.1, 0.15) is 27.9 Å². The minimum absolute atomic E-state index is 0.188. The maximum absolute atomic E-state index is 12.6. The van der Waals surface area contributed by atoms with Gasteiger partial charge in [-0.15, -0.1) is 11.3 Å². The van der Waals surface area contributed by atoms with Crippen molar-refractivity contribution in [2.24, 2.45) is 0 Å². The number of thiazole rings is 1. The van der Waals surface area contributed by atoms with Crippen molar-refractivity contribution in [1.82, 2.24) is 10.3 Å². The number of hydrogen-bond acceptors (Lipinski definition) is 5. The van der Waals surface area contributed by atoms with Crippen LogP contribution in [0.25, 0.3) is 0 Å². The Morgan fingerprint density at radius 3 is 2.72 bits per heavy atom. The lowest BCUT2D eigenvalue weighted by Gasteiger charge is -2.23. The summed E-state index contributed by atoms with van der Waals surface area (Å²) in [4.78, 5) is 43.9. The van der Waals surface area contributed by atoms with E-state index in [0.29, 0.717) is 16.4 Å². The van der Waals surface area contributed by atoms with Crippen LogP contribution < -0.4 is 15.5 Å². The minimum atomic E-state index is -0.711. The van der Waals surface area contributed by atoms with Gasteiger partial charge in [0.05, 0.1) is 16.9 Å². The number of nitrogens with zero attached hydrogens (tertiary/aromatic N) is 2. The van der Waals surface area contributed by atoms with E-state index in [9.17, 15) is 14.4 Å². The number of hydrogen-bond donors (Lipinski definition) is 2. The van der Waals surface area contributed by atoms with Crippen molar-refractivity contribution in [1.29, 1.82) is 0 Å². The fraction of sp³-hybridized carbons (Fsp3) is 0.294. The summed E-state index contributed by atoms with van der Waals surface area (Å²) in [5.74, 6) is -1.02. The third-order valence-electron chi connectivity index (χ3n) is 4.00. The molecular weight excluding hydrogens is 340 g/mol. The second-order valence-corrected chi connectivity index (χ2v) is 7.05. The fourth-order valence-corrected chi connectivity index (χ4v) is 3.41. The molecule has 7 nitrogen and oxygen atoms in total. The summed E-state index contributed by atoms with van der Waals surface area (Å²) < 4.78 is 0. The van der Waals surface area contributed by atoms with Crippen molar-refractivity contribution in [3.63, 3.8) is 0 Å². The van der Waals surface area contributed by atoms with Crippen molar-refractivity contribution in [3.8, 4) is 0 Å². The summed E-state index contributed by atoms with van der Waals surface area (Å²) in [7, 11) is 0. The van der Waals surface area contributed by atoms with Crippen molar-refractivity contribution < 1.29 is 14.4 Å². The van der Waals surface area contributed by atoms with Crippen molar-refractivity contribution in [2.75, 3.05) is 16.8 Å². The van der Waals surface area contributed by atoms with Crippen molar-refractivity contribution >= 4 is 39.9 Å². The number of fused-ring (bicyclic) bond motifs is 1. The molecule has 3 rings (SSSR count). The third-order valence-corrected chi connectivity index (χ3v) is 4.99. The number of carbonyl (C=O) groups excluding carboxylic acids is 3. The summed E-state index contributed by atoms with van der Waals surface area (Å²) >= 11 is 1.38. The Hall–Kier alpha value is -2.74. The highest BCUT2D eigenvalue weighted by atomic mass is 32.1. The molecule has 3 amide bonds. The number of rotatable bonds is 3. The first-order chi connectivity index (χ1) is 11.9. The lowest BCUT2D eigenvalue weighted by Crippen LogP contribution is -2.46. The number of nitrogens with one attached hydrogen (secondary N) is 2. The second kappa shape index (κ2) is 6.64. The van der Waals surface area contributed by atoms with Crippen LogP contribution in [0.4, 0.5) is 10.8 Å². The van der Waals surface area contributed by atoms with Crippen LogP contribution in [0.3, 0.4) is 0 Å². The molecular formula is C17H18N4O3S. The number of carbonyl (C=O) groups is 3. The Labute approximate surface area is 149 Å². The first-order valence-corrected chi connectivity index (χ1v) is 8.63. The summed E-state index contributed by atoms with van der Waals surface area (Å²) in [6.45, 7) is 5.21. The molecule has 25 heavy (non-hydrogen) atoms. The maximum atomic E-state index is 12.6. The Morgan fingerprint density at radius 1 is 1.32 bits per heavy atom. The van der Waals surface area contributed by atoms with Crippen molar-refractivity contribution in [3.05, 3.63) is 40.4 Å². The quantitative estimate of drug-likeness (QED) is 0.876. The molecule has 1 aromatic heterocycles. The predicted octanol–water partition coefficient (Wildman–Crippen LogP) is 1.86. The molecule has 2 heterocycles. The van der Waals surface area contributed by atoms with Gasteiger partial charge in [-0.2, -0.15) is 0 Å². The summed E-state index contributed by atoms with van der Waals surface area (Å²) in [5, 5.41) is 5.86. The zero-order valence-corrected chi connectivity index (χ0v) is 14.9. The normalized spacial score (nSPS) is 16.9. The predicted molar refractivity (Wildman–Crippen MR) is 95.9 cm³/mol. The summed E-state index contributed by atoms with van der Waals surface area (Å²) in [6.07, 6.45) is 0. The second-order valence-electron chi connectivity index (χ2n) is 5.85. The number of para-hydroxylation sites is 1. The van der Waals surface area contributed by atoms with E-state index in [1.165, 1.54) is 16.2 Å². The molecule has 2 N–H and O–H groups in total. The smallest absolute Gasteiger partial charge is 0.254 e. The van der Waals surface area contributed by atoms with Gasteiger partial charge in [-0.1, -0.05) is 12.1 Å². The molecule has 2 aromatic rings. The number of aryl methyl sites for hydroxylation is 2. The largest absolute Gasteiger partial charge is 0.340 e. The topological polar surface area (TPSA) is 91.4 Å². The van der Waals surface area contributed by atoms with E-state index >= 15 is 0 Å². The van der Waals surface area contributed by atoms with Gasteiger partial charge in [0.15, 0.2) is 5.13 Å². The first-order valence-electron chi connectivity index (χ1n) is 7.82. The molecule has 0 saturated carbocycles. The average Bonchev–Trinajstić information content (AvgIpc) is 2.85. The number of aromatic nitrogens is 1. The zero-order valence-electron chi connectivity index (χ0n) is 14.1. The Balaban J connectivity index is 1.86. The molecule has 0 spiro atoms. The van der Waals surface area contributed by atoms with Gasteiger partial charge in [0.2, 0.25) is 11.8 Å². The first kappa shape index (κ1) is 17.1. The molecule has 0 bridgehead atoms. The molecule has 1 atom stereocenters. The monoisotopic (exact) mass is 358 g/mol. The molecule has 0 saturated heterocycles. The van der Waals surface area contributed by atoms with Crippen LogP contribution in [-0.2, 0) is 9.59 Å². The Bertz CT molecular complexity index is 842. The molecule has 0 aliphatic carbocycles. The van der Waals surface area contributed by atoms with Crippen LogP contribution in [-0.4, -0.2) is 35.3 Å². The molecule has 0 fully saturated rings. The average molecular weight is 358 g/mol. The lowest BCUT2D eigenvalue weighted by molar-refractivity contribution is -0.122. The van der Waals surface area contributed by atoms with E-state index in [2.05, 4.69) is 15.6 Å². The highest BCUT2D eigenvalue weighted by Crippen LogP contribution is 2.25. The lowest BCUT2D eigenvalue weighted by atomic mass is 10.1. The minimum Gasteiger partial charge on any atom is -0.340 e. The molecule has 1 aliphatic heterocycles. The molecule has 130 valence electrons. The molecule has 1 aromatic carbocycles. The van der Waals surface area contributed by atoms with Gasteiger partial charge in [-0.25, -0.2) is 4.98 Å². The number of anilines is 2. The standard InChI is InChI=1S/C17H18N4O3S/c1-9-11(3)25-17(19-9)20-14(22)8-21-13-7-5-4-6-12(13)15(23)18-10(2)16(21)24/h4-7,10H,8H2,1-3H3,(H,18,23)(H,19,20,22). The summed E-state index contributed by atoms with van der Waals surface area (Å²) in [6, 6.07) is 6.04. The van der Waals surface area contributed by atoms with Gasteiger partial charge in [-0.05, 0) is 32.9 Å². The number of benzene rings is 1. The highest BCUT2D eigenvalue weighted by Gasteiger charge is 2.32. The van der Waals surface area contributed by atoms with Crippen LogP contribution in [0.15, 0.2) is 24.3 Å². The van der Waals surface area contributed by atoms with E-state index < -0.39 is 6.04 Å². The van der Waals surface area contributed by atoms with Crippen LogP contribution in [0.2, 0.25) is 0 Å². The van der Waals surface area contributed by atoms with Gasteiger partial charge in [0, 0.05) is 4.88 Å². The van der Waals surface area contributed by atoms with Crippen molar-refractivity contribution in [2.45, 2.75) is 26.8 Å². The van der Waals surface area contributed by atoms with E-state index in [1.54, 1.807) is 31.2 Å². The SMILES string of the molecule is Cc1nc(NC(=O)CN2C(=O)C(C)NC(=O)c3ccccc32)sc1C.